The molecule has 1 aliphatic carbocycles. The predicted octanol–water partition coefficient (Wildman–Crippen LogP) is 2.80. The smallest absolute Gasteiger partial charge is 0.232 e. The van der Waals surface area contributed by atoms with Crippen molar-refractivity contribution in [1.29, 1.82) is 0 Å². The Morgan fingerprint density at radius 1 is 1.22 bits per heavy atom. The van der Waals surface area contributed by atoms with Crippen LogP contribution in [-0.2, 0) is 0 Å². The monoisotopic (exact) mass is 365 g/mol. The van der Waals surface area contributed by atoms with Gasteiger partial charge in [-0.25, -0.2) is 14.5 Å². The highest BCUT2D eigenvalue weighted by molar-refractivity contribution is 5.86. The number of pyridine rings is 1. The Bertz CT molecular complexity index is 1120. The number of imidazole rings is 1. The molecule has 0 radical (unpaired) electrons. The fourth-order valence-electron chi connectivity index (χ4n) is 3.57. The topological polar surface area (TPSA) is 101 Å². The minimum Gasteiger partial charge on any atom is -0.480 e. The van der Waals surface area contributed by atoms with Crippen LogP contribution in [0.2, 0.25) is 0 Å². The van der Waals surface area contributed by atoms with Gasteiger partial charge in [-0.15, -0.1) is 5.10 Å². The van der Waals surface area contributed by atoms with Gasteiger partial charge in [-0.1, -0.05) is 0 Å². The molecule has 0 saturated heterocycles. The number of fused-ring (bicyclic) bond motifs is 2. The van der Waals surface area contributed by atoms with E-state index in [0.29, 0.717) is 28.8 Å². The number of rotatable bonds is 4. The lowest BCUT2D eigenvalue weighted by Crippen LogP contribution is -2.19. The second-order valence-electron chi connectivity index (χ2n) is 6.74. The normalized spacial score (nSPS) is 19.8. The molecule has 0 aliphatic heterocycles. The third-order valence-electron chi connectivity index (χ3n) is 4.91. The molecule has 1 aliphatic rings. The quantitative estimate of drug-likeness (QED) is 0.593. The van der Waals surface area contributed by atoms with Gasteiger partial charge in [-0.05, 0) is 31.4 Å². The molecule has 5 rings (SSSR count). The third-order valence-corrected chi connectivity index (χ3v) is 4.91. The zero-order chi connectivity index (χ0) is 18.4. The van der Waals surface area contributed by atoms with Crippen molar-refractivity contribution in [1.82, 2.24) is 19.6 Å². The van der Waals surface area contributed by atoms with E-state index in [1.807, 2.05) is 18.2 Å². The van der Waals surface area contributed by atoms with E-state index < -0.39 is 0 Å². The Morgan fingerprint density at radius 3 is 2.96 bits per heavy atom. The van der Waals surface area contributed by atoms with Crippen molar-refractivity contribution in [3.63, 3.8) is 0 Å². The van der Waals surface area contributed by atoms with Crippen molar-refractivity contribution < 1.29 is 13.9 Å². The molecule has 2 atom stereocenters. The number of methoxy groups -OCH3 is 1. The molecule has 138 valence electrons. The summed E-state index contributed by atoms with van der Waals surface area (Å²) in [5.41, 5.74) is 8.11. The molecule has 0 bridgehead atoms. The van der Waals surface area contributed by atoms with Crippen LogP contribution in [0.1, 0.15) is 19.3 Å². The summed E-state index contributed by atoms with van der Waals surface area (Å²) < 4.78 is 19.0. The van der Waals surface area contributed by atoms with Crippen LogP contribution in [0.25, 0.3) is 28.1 Å². The molecule has 8 heteroatoms. The van der Waals surface area contributed by atoms with E-state index in [9.17, 15) is 0 Å². The highest BCUT2D eigenvalue weighted by Crippen LogP contribution is 2.32. The zero-order valence-corrected chi connectivity index (χ0v) is 14.8. The Kier molecular flexibility index (Phi) is 3.71. The van der Waals surface area contributed by atoms with E-state index in [0.717, 1.165) is 30.3 Å². The van der Waals surface area contributed by atoms with Gasteiger partial charge in [-0.3, -0.25) is 0 Å². The highest BCUT2D eigenvalue weighted by Gasteiger charge is 2.24. The van der Waals surface area contributed by atoms with Crippen LogP contribution in [0.15, 0.2) is 41.1 Å². The summed E-state index contributed by atoms with van der Waals surface area (Å²) in [5.74, 6) is 1.71. The lowest BCUT2D eigenvalue weighted by Gasteiger charge is -2.12. The lowest BCUT2D eigenvalue weighted by atomic mass is 10.3. The second-order valence-corrected chi connectivity index (χ2v) is 6.74. The molecule has 1 saturated carbocycles. The summed E-state index contributed by atoms with van der Waals surface area (Å²) >= 11 is 0. The first-order valence-corrected chi connectivity index (χ1v) is 8.91. The lowest BCUT2D eigenvalue weighted by molar-refractivity contribution is 0.197. The number of hydrogen-bond donors (Lipinski definition) is 1. The van der Waals surface area contributed by atoms with Gasteiger partial charge in [0.2, 0.25) is 11.8 Å². The minimum atomic E-state index is 0.110. The van der Waals surface area contributed by atoms with Crippen LogP contribution in [0.5, 0.6) is 11.8 Å². The van der Waals surface area contributed by atoms with Crippen LogP contribution in [0.3, 0.4) is 0 Å². The average Bonchev–Trinajstić information content (AvgIpc) is 3.38. The molecule has 8 nitrogen and oxygen atoms in total. The molecule has 4 aromatic rings. The zero-order valence-electron chi connectivity index (χ0n) is 14.8. The molecule has 0 aromatic carbocycles. The molecule has 2 N–H and O–H groups in total. The van der Waals surface area contributed by atoms with E-state index in [2.05, 4.69) is 15.1 Å². The first kappa shape index (κ1) is 16.1. The molecule has 0 amide bonds. The standard InChI is InChI=1S/C19H19N5O3/c1-25-19-13-9-16(27-15(13)6-7-21-19)14-10-22-17-4-5-18(23-24(14)17)26-12-3-2-11(20)8-12/h4-7,9-12H,2-3,8,20H2,1H3/t11?,12-/m1/s1. The predicted molar refractivity (Wildman–Crippen MR) is 98.8 cm³/mol. The Hall–Kier alpha value is -3.13. The van der Waals surface area contributed by atoms with Crippen molar-refractivity contribution in [2.75, 3.05) is 7.11 Å². The van der Waals surface area contributed by atoms with E-state index in [-0.39, 0.29) is 12.1 Å². The van der Waals surface area contributed by atoms with Crippen LogP contribution in [0.4, 0.5) is 0 Å². The minimum absolute atomic E-state index is 0.110. The van der Waals surface area contributed by atoms with Gasteiger partial charge in [0.1, 0.15) is 17.4 Å². The third kappa shape index (κ3) is 2.78. The van der Waals surface area contributed by atoms with Gasteiger partial charge in [-0.2, -0.15) is 0 Å². The van der Waals surface area contributed by atoms with Crippen molar-refractivity contribution >= 4 is 16.6 Å². The molecule has 27 heavy (non-hydrogen) atoms. The summed E-state index contributed by atoms with van der Waals surface area (Å²) in [6.45, 7) is 0. The first-order chi connectivity index (χ1) is 13.2. The number of nitrogens with zero attached hydrogens (tertiary/aromatic N) is 4. The van der Waals surface area contributed by atoms with Crippen molar-refractivity contribution in [2.24, 2.45) is 5.73 Å². The summed E-state index contributed by atoms with van der Waals surface area (Å²) in [7, 11) is 1.59. The molecule has 4 heterocycles. The summed E-state index contributed by atoms with van der Waals surface area (Å²) in [6, 6.07) is 7.61. The number of nitrogens with two attached hydrogens (primary N) is 1. The van der Waals surface area contributed by atoms with E-state index in [1.165, 1.54) is 0 Å². The van der Waals surface area contributed by atoms with E-state index in [1.54, 1.807) is 30.1 Å². The fourth-order valence-corrected chi connectivity index (χ4v) is 3.57. The van der Waals surface area contributed by atoms with Crippen molar-refractivity contribution in [2.45, 2.75) is 31.4 Å². The average molecular weight is 365 g/mol. The van der Waals surface area contributed by atoms with Crippen LogP contribution < -0.4 is 15.2 Å². The second kappa shape index (κ2) is 6.24. The Morgan fingerprint density at radius 2 is 2.15 bits per heavy atom. The summed E-state index contributed by atoms with van der Waals surface area (Å²) in [5, 5.41) is 5.40. The van der Waals surface area contributed by atoms with Gasteiger partial charge in [0.15, 0.2) is 11.4 Å². The van der Waals surface area contributed by atoms with E-state index >= 15 is 0 Å². The maximum Gasteiger partial charge on any atom is 0.232 e. The molecular weight excluding hydrogens is 346 g/mol. The molecule has 1 unspecified atom stereocenters. The molecular formula is C19H19N5O3. The van der Waals surface area contributed by atoms with Crippen LogP contribution in [0, 0.1) is 0 Å². The Labute approximate surface area is 154 Å². The SMILES string of the molecule is COc1nccc2oc(-c3cnc4ccc(O[C@@H]5CCC(N)C5)nn34)cc12. The van der Waals surface area contributed by atoms with E-state index in [4.69, 9.17) is 19.6 Å². The van der Waals surface area contributed by atoms with Gasteiger partial charge in [0.25, 0.3) is 0 Å². The summed E-state index contributed by atoms with van der Waals surface area (Å²) in [6.07, 6.45) is 6.28. The highest BCUT2D eigenvalue weighted by atomic mass is 16.5. The summed E-state index contributed by atoms with van der Waals surface area (Å²) in [4.78, 5) is 8.62. The first-order valence-electron chi connectivity index (χ1n) is 8.91. The molecule has 4 aromatic heterocycles. The number of hydrogen-bond acceptors (Lipinski definition) is 7. The molecule has 0 spiro atoms. The Balaban J connectivity index is 1.54. The van der Waals surface area contributed by atoms with Gasteiger partial charge in [0.05, 0.1) is 18.7 Å². The maximum absolute atomic E-state index is 6.01. The largest absolute Gasteiger partial charge is 0.480 e. The number of ether oxygens (including phenoxy) is 2. The van der Waals surface area contributed by atoms with Crippen LogP contribution in [-0.4, -0.2) is 38.8 Å². The fraction of sp³-hybridized carbons (Fsp3) is 0.316. The van der Waals surface area contributed by atoms with Crippen LogP contribution >= 0.6 is 0 Å². The van der Waals surface area contributed by atoms with Crippen molar-refractivity contribution in [3.05, 3.63) is 36.7 Å². The maximum atomic E-state index is 6.01. The number of furan rings is 1. The van der Waals surface area contributed by atoms with Gasteiger partial charge in [0, 0.05) is 24.4 Å². The van der Waals surface area contributed by atoms with Gasteiger partial charge >= 0.3 is 0 Å². The molecule has 1 fully saturated rings. The van der Waals surface area contributed by atoms with Crippen molar-refractivity contribution in [3.8, 4) is 23.2 Å². The van der Waals surface area contributed by atoms with Gasteiger partial charge < -0.3 is 19.6 Å². The number of aromatic nitrogens is 4.